The first-order valence-corrected chi connectivity index (χ1v) is 7.39. The van der Waals surface area contributed by atoms with Crippen molar-refractivity contribution < 1.29 is 0 Å². The van der Waals surface area contributed by atoms with E-state index in [0.29, 0.717) is 6.04 Å². The maximum atomic E-state index is 9.25. The van der Waals surface area contributed by atoms with Crippen LogP contribution in [0.2, 0.25) is 0 Å². The predicted molar refractivity (Wildman–Crippen MR) is 78.5 cm³/mol. The van der Waals surface area contributed by atoms with Gasteiger partial charge in [-0.25, -0.2) is 0 Å². The molecule has 0 radical (unpaired) electrons. The number of unbranched alkanes of at least 4 members (excludes halogenated alkanes) is 2. The highest BCUT2D eigenvalue weighted by atomic mass is 15.1. The molecule has 0 aromatic rings. The predicted octanol–water partition coefficient (Wildman–Crippen LogP) is 3.17. The van der Waals surface area contributed by atoms with Crippen LogP contribution in [0.15, 0.2) is 0 Å². The minimum Gasteiger partial charge on any atom is -0.301 e. The van der Waals surface area contributed by atoms with Gasteiger partial charge in [0.1, 0.15) is 5.54 Å². The van der Waals surface area contributed by atoms with Gasteiger partial charge in [0.15, 0.2) is 0 Å². The lowest BCUT2D eigenvalue weighted by Crippen LogP contribution is -2.45. The third-order valence-electron chi connectivity index (χ3n) is 3.49. The van der Waals surface area contributed by atoms with Crippen molar-refractivity contribution in [1.29, 1.82) is 5.26 Å². The van der Waals surface area contributed by atoms with Gasteiger partial charge in [0.25, 0.3) is 0 Å². The molecule has 0 saturated heterocycles. The van der Waals surface area contributed by atoms with Crippen molar-refractivity contribution in [2.45, 2.75) is 71.9 Å². The molecule has 0 bridgehead atoms. The molecule has 0 saturated carbocycles. The maximum Gasteiger partial charge on any atom is 0.105 e. The van der Waals surface area contributed by atoms with Crippen molar-refractivity contribution in [1.82, 2.24) is 10.2 Å². The van der Waals surface area contributed by atoms with Gasteiger partial charge in [0.2, 0.25) is 0 Å². The first kappa shape index (κ1) is 17.4. The van der Waals surface area contributed by atoms with Gasteiger partial charge in [-0.05, 0) is 46.7 Å². The van der Waals surface area contributed by atoms with Crippen molar-refractivity contribution in [3.63, 3.8) is 0 Å². The number of nitrogens with zero attached hydrogens (tertiary/aromatic N) is 2. The number of rotatable bonds is 10. The van der Waals surface area contributed by atoms with E-state index < -0.39 is 0 Å². The Hall–Kier alpha value is -0.590. The van der Waals surface area contributed by atoms with Gasteiger partial charge in [-0.1, -0.05) is 26.7 Å². The standard InChI is InChI=1S/C15H31N3/c1-6-8-9-11-18(14(3)4)12-10-15(5,13-16)17-7-2/h14,17H,6-12H2,1-5H3. The Morgan fingerprint density at radius 2 is 1.89 bits per heavy atom. The molecule has 106 valence electrons. The second-order valence-electron chi connectivity index (χ2n) is 5.56. The molecule has 0 aromatic carbocycles. The van der Waals surface area contributed by atoms with Crippen LogP contribution < -0.4 is 5.32 Å². The zero-order chi connectivity index (χ0) is 14.0. The summed E-state index contributed by atoms with van der Waals surface area (Å²) in [5.74, 6) is 0. The van der Waals surface area contributed by atoms with Crippen LogP contribution in [0, 0.1) is 11.3 Å². The van der Waals surface area contributed by atoms with Crippen LogP contribution in [0.1, 0.15) is 60.3 Å². The Bertz CT molecular complexity index is 245. The van der Waals surface area contributed by atoms with Gasteiger partial charge in [0.05, 0.1) is 6.07 Å². The second kappa shape index (κ2) is 9.35. The molecule has 0 aromatic heterocycles. The third-order valence-corrected chi connectivity index (χ3v) is 3.49. The van der Waals surface area contributed by atoms with E-state index >= 15 is 0 Å². The fraction of sp³-hybridized carbons (Fsp3) is 0.933. The van der Waals surface area contributed by atoms with Crippen LogP contribution in [0.3, 0.4) is 0 Å². The van der Waals surface area contributed by atoms with Gasteiger partial charge in [0, 0.05) is 12.6 Å². The van der Waals surface area contributed by atoms with E-state index in [1.807, 2.05) is 6.92 Å². The molecule has 0 heterocycles. The Morgan fingerprint density at radius 1 is 1.22 bits per heavy atom. The number of nitriles is 1. The van der Waals surface area contributed by atoms with Crippen molar-refractivity contribution >= 4 is 0 Å². The summed E-state index contributed by atoms with van der Waals surface area (Å²) in [7, 11) is 0. The first-order valence-electron chi connectivity index (χ1n) is 7.39. The molecule has 18 heavy (non-hydrogen) atoms. The van der Waals surface area contributed by atoms with Crippen molar-refractivity contribution in [2.75, 3.05) is 19.6 Å². The van der Waals surface area contributed by atoms with Gasteiger partial charge >= 0.3 is 0 Å². The van der Waals surface area contributed by atoms with Crippen LogP contribution in [0.25, 0.3) is 0 Å². The number of hydrogen-bond donors (Lipinski definition) is 1. The highest BCUT2D eigenvalue weighted by Gasteiger charge is 2.23. The summed E-state index contributed by atoms with van der Waals surface area (Å²) < 4.78 is 0. The van der Waals surface area contributed by atoms with E-state index in [2.05, 4.69) is 44.0 Å². The molecule has 0 amide bonds. The molecule has 0 aliphatic heterocycles. The lowest BCUT2D eigenvalue weighted by Gasteiger charge is -2.30. The van der Waals surface area contributed by atoms with Crippen LogP contribution in [-0.2, 0) is 0 Å². The van der Waals surface area contributed by atoms with E-state index in [1.165, 1.54) is 19.3 Å². The van der Waals surface area contributed by atoms with E-state index in [0.717, 1.165) is 26.1 Å². The smallest absolute Gasteiger partial charge is 0.105 e. The van der Waals surface area contributed by atoms with E-state index in [1.54, 1.807) is 0 Å². The maximum absolute atomic E-state index is 9.25. The molecule has 0 fully saturated rings. The summed E-state index contributed by atoms with van der Waals surface area (Å²) in [4.78, 5) is 2.49. The Morgan fingerprint density at radius 3 is 2.33 bits per heavy atom. The topological polar surface area (TPSA) is 39.1 Å². The zero-order valence-corrected chi connectivity index (χ0v) is 12.9. The van der Waals surface area contributed by atoms with Crippen LogP contribution >= 0.6 is 0 Å². The van der Waals surface area contributed by atoms with E-state index in [4.69, 9.17) is 0 Å². The van der Waals surface area contributed by atoms with Crippen LogP contribution in [-0.4, -0.2) is 36.1 Å². The molecule has 0 spiro atoms. The summed E-state index contributed by atoms with van der Waals surface area (Å²) in [5, 5.41) is 12.5. The van der Waals surface area contributed by atoms with Crippen molar-refractivity contribution in [3.8, 4) is 6.07 Å². The van der Waals surface area contributed by atoms with Gasteiger partial charge in [-0.3, -0.25) is 5.32 Å². The van der Waals surface area contributed by atoms with Gasteiger partial charge in [-0.2, -0.15) is 5.26 Å². The third kappa shape index (κ3) is 6.98. The minimum absolute atomic E-state index is 0.382. The zero-order valence-electron chi connectivity index (χ0n) is 12.9. The molecule has 1 N–H and O–H groups in total. The fourth-order valence-corrected chi connectivity index (χ4v) is 2.13. The molecule has 3 heteroatoms. The molecule has 0 rings (SSSR count). The first-order chi connectivity index (χ1) is 8.49. The molecule has 3 nitrogen and oxygen atoms in total. The lowest BCUT2D eigenvalue weighted by atomic mass is 9.99. The lowest BCUT2D eigenvalue weighted by molar-refractivity contribution is 0.198. The van der Waals surface area contributed by atoms with Crippen molar-refractivity contribution in [3.05, 3.63) is 0 Å². The highest BCUT2D eigenvalue weighted by molar-refractivity contribution is 5.03. The Balaban J connectivity index is 4.21. The molecular formula is C15H31N3. The van der Waals surface area contributed by atoms with Gasteiger partial charge in [-0.15, -0.1) is 0 Å². The Labute approximate surface area is 114 Å². The number of nitrogens with one attached hydrogen (secondary N) is 1. The van der Waals surface area contributed by atoms with Crippen molar-refractivity contribution in [2.24, 2.45) is 0 Å². The van der Waals surface area contributed by atoms with E-state index in [-0.39, 0.29) is 5.54 Å². The second-order valence-corrected chi connectivity index (χ2v) is 5.56. The molecule has 0 aliphatic rings. The SMILES string of the molecule is CCCCCN(CCC(C)(C#N)NCC)C(C)C. The minimum atomic E-state index is -0.382. The molecule has 0 aliphatic carbocycles. The molecule has 1 unspecified atom stereocenters. The summed E-state index contributed by atoms with van der Waals surface area (Å²) >= 11 is 0. The van der Waals surface area contributed by atoms with Crippen LogP contribution in [0.5, 0.6) is 0 Å². The average Bonchev–Trinajstić information content (AvgIpc) is 2.33. The van der Waals surface area contributed by atoms with E-state index in [9.17, 15) is 5.26 Å². The number of hydrogen-bond acceptors (Lipinski definition) is 3. The van der Waals surface area contributed by atoms with Gasteiger partial charge < -0.3 is 4.90 Å². The van der Waals surface area contributed by atoms with Crippen LogP contribution in [0.4, 0.5) is 0 Å². The molecular weight excluding hydrogens is 222 g/mol. The summed E-state index contributed by atoms with van der Waals surface area (Å²) in [5.41, 5.74) is -0.382. The monoisotopic (exact) mass is 253 g/mol. The summed E-state index contributed by atoms with van der Waals surface area (Å²) in [6.07, 6.45) is 4.71. The normalized spacial score (nSPS) is 14.8. The quantitative estimate of drug-likeness (QED) is 0.608. The fourth-order valence-electron chi connectivity index (χ4n) is 2.13. The largest absolute Gasteiger partial charge is 0.301 e. The highest BCUT2D eigenvalue weighted by Crippen LogP contribution is 2.12. The average molecular weight is 253 g/mol. The molecule has 1 atom stereocenters. The summed E-state index contributed by atoms with van der Waals surface area (Å²) in [6, 6.07) is 2.96. The summed E-state index contributed by atoms with van der Waals surface area (Å²) in [6.45, 7) is 13.8. The Kier molecular flexibility index (Phi) is 9.05.